The average molecular weight is 461 g/mol. The minimum Gasteiger partial charge on any atom is -0.388 e. The summed E-state index contributed by atoms with van der Waals surface area (Å²) in [6.45, 7) is 6.81. The van der Waals surface area contributed by atoms with Crippen molar-refractivity contribution in [3.63, 3.8) is 0 Å². The van der Waals surface area contributed by atoms with Crippen LogP contribution < -0.4 is 21.3 Å². The van der Waals surface area contributed by atoms with E-state index in [4.69, 9.17) is 5.73 Å². The molecule has 1 amide bonds. The molecule has 1 saturated heterocycles. The first-order valence-electron chi connectivity index (χ1n) is 11.6. The van der Waals surface area contributed by atoms with Gasteiger partial charge in [0.2, 0.25) is 0 Å². The summed E-state index contributed by atoms with van der Waals surface area (Å²) in [6.07, 6.45) is 4.96. The Morgan fingerprint density at radius 3 is 2.62 bits per heavy atom. The number of hydrogen-bond donors (Lipinski definition) is 3. The summed E-state index contributed by atoms with van der Waals surface area (Å²) >= 11 is 0. The second-order valence-corrected chi connectivity index (χ2v) is 8.80. The van der Waals surface area contributed by atoms with E-state index in [1.807, 2.05) is 25.5 Å². The van der Waals surface area contributed by atoms with Gasteiger partial charge in [0.05, 0.1) is 11.3 Å². The Morgan fingerprint density at radius 1 is 1.18 bits per heavy atom. The maximum absolute atomic E-state index is 12.9. The number of nitrogens with two attached hydrogens (primary N) is 1. The zero-order valence-electron chi connectivity index (χ0n) is 20.0. The number of carbonyl (C=O) groups is 2. The molecule has 178 valence electrons. The first-order chi connectivity index (χ1) is 16.4. The van der Waals surface area contributed by atoms with Gasteiger partial charge in [0.1, 0.15) is 5.82 Å². The lowest BCUT2D eigenvalue weighted by Gasteiger charge is -2.20. The van der Waals surface area contributed by atoms with Crippen LogP contribution >= 0.6 is 0 Å². The number of aryl methyl sites for hydroxylation is 2. The third-order valence-corrected chi connectivity index (χ3v) is 6.49. The van der Waals surface area contributed by atoms with E-state index >= 15 is 0 Å². The van der Waals surface area contributed by atoms with Crippen molar-refractivity contribution < 1.29 is 9.59 Å². The molecule has 1 aliphatic rings. The Morgan fingerprint density at radius 2 is 1.94 bits per heavy atom. The molecule has 0 radical (unpaired) electrons. The van der Waals surface area contributed by atoms with Gasteiger partial charge in [-0.15, -0.1) is 0 Å². The minimum absolute atomic E-state index is 0.240. The molecular formula is C26H32N6O2. The summed E-state index contributed by atoms with van der Waals surface area (Å²) in [7, 11) is 1.90. The highest BCUT2D eigenvalue weighted by Crippen LogP contribution is 2.27. The van der Waals surface area contributed by atoms with E-state index in [1.165, 1.54) is 18.5 Å². The molecule has 3 aromatic rings. The molecule has 4 rings (SSSR count). The zero-order valence-corrected chi connectivity index (χ0v) is 20.0. The van der Waals surface area contributed by atoms with E-state index in [9.17, 15) is 9.59 Å². The quantitative estimate of drug-likeness (QED) is 0.444. The molecule has 0 atom stereocenters. The van der Waals surface area contributed by atoms with Crippen LogP contribution in [0.4, 0.5) is 17.2 Å². The second kappa shape index (κ2) is 9.99. The molecule has 2 aromatic heterocycles. The Labute approximate surface area is 200 Å². The second-order valence-electron chi connectivity index (χ2n) is 8.80. The van der Waals surface area contributed by atoms with Gasteiger partial charge in [-0.05, 0) is 67.6 Å². The highest BCUT2D eigenvalue weighted by molar-refractivity contribution is 5.95. The normalized spacial score (nSPS) is 13.2. The monoisotopic (exact) mass is 460 g/mol. The van der Waals surface area contributed by atoms with Crippen LogP contribution in [0.3, 0.4) is 0 Å². The molecule has 0 aliphatic carbocycles. The Kier molecular flexibility index (Phi) is 6.86. The zero-order chi connectivity index (χ0) is 24.2. The SMILES string of the molecule is CNc1cc(N2CCCC2)ccc1Cn1cc(C(=O)NCc2c(C)cc(N)nc2C)cc1C=O. The molecular weight excluding hydrogens is 428 g/mol. The number of anilines is 3. The average Bonchev–Trinajstić information content (AvgIpc) is 3.49. The molecule has 3 heterocycles. The van der Waals surface area contributed by atoms with Crippen molar-refractivity contribution in [1.29, 1.82) is 0 Å². The fourth-order valence-electron chi connectivity index (χ4n) is 4.60. The lowest BCUT2D eigenvalue weighted by atomic mass is 10.1. The van der Waals surface area contributed by atoms with Crippen LogP contribution in [0.2, 0.25) is 0 Å². The number of aldehydes is 1. The van der Waals surface area contributed by atoms with Crippen molar-refractivity contribution in [2.24, 2.45) is 0 Å². The number of nitrogen functional groups attached to an aromatic ring is 1. The van der Waals surface area contributed by atoms with Gasteiger partial charge >= 0.3 is 0 Å². The number of nitrogens with zero attached hydrogens (tertiary/aromatic N) is 3. The summed E-state index contributed by atoms with van der Waals surface area (Å²) in [5.41, 5.74) is 12.7. The van der Waals surface area contributed by atoms with Crippen molar-refractivity contribution in [1.82, 2.24) is 14.9 Å². The van der Waals surface area contributed by atoms with Gasteiger partial charge < -0.3 is 25.8 Å². The van der Waals surface area contributed by atoms with Crippen LogP contribution in [0, 0.1) is 13.8 Å². The Balaban J connectivity index is 1.50. The van der Waals surface area contributed by atoms with Crippen LogP contribution in [0.5, 0.6) is 0 Å². The minimum atomic E-state index is -0.240. The van der Waals surface area contributed by atoms with E-state index in [0.29, 0.717) is 30.2 Å². The van der Waals surface area contributed by atoms with Crippen LogP contribution in [-0.4, -0.2) is 41.9 Å². The molecule has 34 heavy (non-hydrogen) atoms. The first-order valence-corrected chi connectivity index (χ1v) is 11.6. The van der Waals surface area contributed by atoms with E-state index in [1.54, 1.807) is 18.3 Å². The van der Waals surface area contributed by atoms with Crippen molar-refractivity contribution in [3.05, 3.63) is 70.2 Å². The predicted molar refractivity (Wildman–Crippen MR) is 136 cm³/mol. The third-order valence-electron chi connectivity index (χ3n) is 6.49. The first kappa shape index (κ1) is 23.4. The largest absolute Gasteiger partial charge is 0.388 e. The highest BCUT2D eigenvalue weighted by Gasteiger charge is 2.17. The van der Waals surface area contributed by atoms with Gasteiger partial charge in [-0.3, -0.25) is 9.59 Å². The van der Waals surface area contributed by atoms with Gasteiger partial charge in [0, 0.05) is 56.5 Å². The van der Waals surface area contributed by atoms with Gasteiger partial charge in [-0.25, -0.2) is 4.98 Å². The molecule has 4 N–H and O–H groups in total. The van der Waals surface area contributed by atoms with E-state index in [2.05, 4.69) is 38.7 Å². The maximum Gasteiger partial charge on any atom is 0.253 e. The number of carbonyl (C=O) groups excluding carboxylic acids is 2. The number of amides is 1. The summed E-state index contributed by atoms with van der Waals surface area (Å²) in [5, 5.41) is 6.22. The summed E-state index contributed by atoms with van der Waals surface area (Å²) in [4.78, 5) is 31.3. The molecule has 1 aliphatic heterocycles. The van der Waals surface area contributed by atoms with E-state index < -0.39 is 0 Å². The number of nitrogens with one attached hydrogen (secondary N) is 2. The summed E-state index contributed by atoms with van der Waals surface area (Å²) < 4.78 is 1.81. The fourth-order valence-corrected chi connectivity index (χ4v) is 4.60. The smallest absolute Gasteiger partial charge is 0.253 e. The van der Waals surface area contributed by atoms with Crippen LogP contribution in [0.1, 0.15) is 56.1 Å². The number of aromatic nitrogens is 2. The molecule has 8 nitrogen and oxygen atoms in total. The number of hydrogen-bond acceptors (Lipinski definition) is 6. The van der Waals surface area contributed by atoms with Crippen molar-refractivity contribution in [2.45, 2.75) is 39.8 Å². The topological polar surface area (TPSA) is 105 Å². The highest BCUT2D eigenvalue weighted by atomic mass is 16.1. The van der Waals surface area contributed by atoms with Gasteiger partial charge in [0.25, 0.3) is 5.91 Å². The lowest BCUT2D eigenvalue weighted by molar-refractivity contribution is 0.0950. The summed E-state index contributed by atoms with van der Waals surface area (Å²) in [6, 6.07) is 9.80. The van der Waals surface area contributed by atoms with Gasteiger partial charge in [-0.2, -0.15) is 0 Å². The van der Waals surface area contributed by atoms with Crippen molar-refractivity contribution in [2.75, 3.05) is 36.1 Å². The number of pyridine rings is 1. The predicted octanol–water partition coefficient (Wildman–Crippen LogP) is 3.51. The maximum atomic E-state index is 12.9. The van der Waals surface area contributed by atoms with Gasteiger partial charge in [0.15, 0.2) is 6.29 Å². The Bertz CT molecular complexity index is 1190. The fraction of sp³-hybridized carbons (Fsp3) is 0.346. The molecule has 0 spiro atoms. The molecule has 8 heteroatoms. The molecule has 0 unspecified atom stereocenters. The van der Waals surface area contributed by atoms with E-state index in [0.717, 1.165) is 47.4 Å². The molecule has 0 saturated carbocycles. The molecule has 1 aromatic carbocycles. The van der Waals surface area contributed by atoms with Crippen molar-refractivity contribution in [3.8, 4) is 0 Å². The van der Waals surface area contributed by atoms with Crippen LogP contribution in [-0.2, 0) is 13.1 Å². The van der Waals surface area contributed by atoms with Crippen LogP contribution in [0.15, 0.2) is 36.5 Å². The van der Waals surface area contributed by atoms with Crippen LogP contribution in [0.25, 0.3) is 0 Å². The Hall–Kier alpha value is -3.81. The van der Waals surface area contributed by atoms with Crippen molar-refractivity contribution >= 4 is 29.4 Å². The third kappa shape index (κ3) is 4.90. The number of rotatable bonds is 8. The standard InChI is InChI=1S/C26H32N6O2/c1-17-10-25(27)30-18(2)23(17)13-29-26(34)20-11-22(16-33)32(15-20)14-19-6-7-21(12-24(19)28-3)31-8-4-5-9-31/h6-7,10-12,15-16,28H,4-5,8-9,13-14H2,1-3H3,(H2,27,30)(H,29,34). The summed E-state index contributed by atoms with van der Waals surface area (Å²) in [5.74, 6) is 0.225. The number of benzene rings is 1. The van der Waals surface area contributed by atoms with E-state index in [-0.39, 0.29) is 5.91 Å². The molecule has 1 fully saturated rings. The lowest BCUT2D eigenvalue weighted by Crippen LogP contribution is -2.23. The molecule has 0 bridgehead atoms. The van der Waals surface area contributed by atoms with Gasteiger partial charge in [-0.1, -0.05) is 6.07 Å².